The summed E-state index contributed by atoms with van der Waals surface area (Å²) in [5, 5.41) is 0. The van der Waals surface area contributed by atoms with E-state index in [0.717, 1.165) is 18.9 Å². The molecule has 0 amide bonds. The summed E-state index contributed by atoms with van der Waals surface area (Å²) in [5.74, 6) is 0.936. The third-order valence-corrected chi connectivity index (χ3v) is 5.01. The molecule has 2 unspecified atom stereocenters. The van der Waals surface area contributed by atoms with Crippen LogP contribution in [0.4, 0.5) is 0 Å². The zero-order valence-electron chi connectivity index (χ0n) is 11.3. The van der Waals surface area contributed by atoms with E-state index in [0.29, 0.717) is 10.8 Å². The number of hydrogen-bond donors (Lipinski definition) is 0. The van der Waals surface area contributed by atoms with E-state index in [2.05, 4.69) is 26.8 Å². The van der Waals surface area contributed by atoms with Crippen LogP contribution in [0.5, 0.6) is 0 Å². The number of rotatable bonds is 4. The van der Waals surface area contributed by atoms with Gasteiger partial charge in [0.2, 0.25) is 0 Å². The molecule has 2 fully saturated rings. The van der Waals surface area contributed by atoms with E-state index in [4.69, 9.17) is 4.74 Å². The lowest BCUT2D eigenvalue weighted by atomic mass is 9.68. The van der Waals surface area contributed by atoms with E-state index < -0.39 is 0 Å². The van der Waals surface area contributed by atoms with Gasteiger partial charge in [-0.1, -0.05) is 32.4 Å². The first-order chi connectivity index (χ1) is 7.50. The third kappa shape index (κ3) is 1.84. The maximum absolute atomic E-state index is 5.12. The van der Waals surface area contributed by atoms with Crippen molar-refractivity contribution in [2.75, 3.05) is 13.7 Å². The summed E-state index contributed by atoms with van der Waals surface area (Å²) >= 11 is 0. The zero-order chi connectivity index (χ0) is 11.8. The van der Waals surface area contributed by atoms with Gasteiger partial charge in [0.15, 0.2) is 0 Å². The molecule has 0 radical (unpaired) electrons. The van der Waals surface area contributed by atoms with Gasteiger partial charge in [0.1, 0.15) is 0 Å². The molecule has 2 aliphatic carbocycles. The van der Waals surface area contributed by atoms with E-state index in [9.17, 15) is 0 Å². The highest BCUT2D eigenvalue weighted by molar-refractivity contribution is 5.31. The number of allylic oxidation sites excluding steroid dienone is 2. The van der Waals surface area contributed by atoms with Crippen LogP contribution in [-0.4, -0.2) is 13.7 Å². The molecule has 2 atom stereocenters. The number of ether oxygens (including phenoxy) is 1. The molecule has 0 aliphatic heterocycles. The van der Waals surface area contributed by atoms with Crippen LogP contribution in [0.2, 0.25) is 0 Å². The first kappa shape index (κ1) is 12.2. The van der Waals surface area contributed by atoms with Gasteiger partial charge >= 0.3 is 0 Å². The van der Waals surface area contributed by atoms with Crippen molar-refractivity contribution in [3.8, 4) is 0 Å². The van der Waals surface area contributed by atoms with Gasteiger partial charge in [0.25, 0.3) is 0 Å². The standard InChI is InChI=1S/C15H26O/c1-14(2)12-8-9-15(3,11-12)13(14)7-5-6-10-16-4/h7,12H,5-6,8-11H2,1-4H3/b13-7-. The second-order valence-corrected chi connectivity index (χ2v) is 6.47. The van der Waals surface area contributed by atoms with Gasteiger partial charge in [-0.25, -0.2) is 0 Å². The van der Waals surface area contributed by atoms with Crippen molar-refractivity contribution in [1.29, 1.82) is 0 Å². The van der Waals surface area contributed by atoms with Gasteiger partial charge in [-0.2, -0.15) is 0 Å². The Labute approximate surface area is 100 Å². The van der Waals surface area contributed by atoms with Crippen molar-refractivity contribution < 1.29 is 4.74 Å². The smallest absolute Gasteiger partial charge is 0.0465 e. The number of fused-ring (bicyclic) bond motifs is 2. The Morgan fingerprint density at radius 2 is 2.12 bits per heavy atom. The zero-order valence-corrected chi connectivity index (χ0v) is 11.3. The molecule has 0 heterocycles. The summed E-state index contributed by atoms with van der Waals surface area (Å²) < 4.78 is 5.12. The van der Waals surface area contributed by atoms with Crippen LogP contribution in [0, 0.1) is 16.7 Å². The number of methoxy groups -OCH3 is 1. The Bertz CT molecular complexity index is 283. The Balaban J connectivity index is 2.07. The van der Waals surface area contributed by atoms with E-state index in [1.165, 1.54) is 25.7 Å². The molecule has 2 saturated carbocycles. The fourth-order valence-corrected chi connectivity index (χ4v) is 4.08. The summed E-state index contributed by atoms with van der Waals surface area (Å²) in [6.07, 6.45) is 9.16. The van der Waals surface area contributed by atoms with Crippen LogP contribution in [0.3, 0.4) is 0 Å². The summed E-state index contributed by atoms with van der Waals surface area (Å²) in [7, 11) is 1.79. The predicted octanol–water partition coefficient (Wildman–Crippen LogP) is 4.19. The molecule has 2 rings (SSSR count). The normalized spacial score (nSPS) is 38.5. The lowest BCUT2D eigenvalue weighted by molar-refractivity contribution is 0.195. The van der Waals surface area contributed by atoms with Crippen LogP contribution in [-0.2, 0) is 4.74 Å². The first-order valence-electron chi connectivity index (χ1n) is 6.71. The molecule has 0 N–H and O–H groups in total. The molecule has 1 nitrogen and oxygen atoms in total. The molecule has 16 heavy (non-hydrogen) atoms. The predicted molar refractivity (Wildman–Crippen MR) is 68.4 cm³/mol. The molecule has 0 aromatic carbocycles. The molecule has 92 valence electrons. The molecule has 1 heteroatoms. The largest absolute Gasteiger partial charge is 0.385 e. The van der Waals surface area contributed by atoms with Crippen LogP contribution in [0.15, 0.2) is 11.6 Å². The minimum absolute atomic E-state index is 0.458. The fourth-order valence-electron chi connectivity index (χ4n) is 4.08. The van der Waals surface area contributed by atoms with Crippen LogP contribution < -0.4 is 0 Å². The third-order valence-electron chi connectivity index (χ3n) is 5.01. The molecule has 2 aliphatic rings. The molecule has 2 bridgehead atoms. The van der Waals surface area contributed by atoms with Crippen molar-refractivity contribution in [3.63, 3.8) is 0 Å². The van der Waals surface area contributed by atoms with E-state index in [1.807, 2.05) is 0 Å². The van der Waals surface area contributed by atoms with Crippen molar-refractivity contribution in [1.82, 2.24) is 0 Å². The number of unbranched alkanes of at least 4 members (excludes halogenated alkanes) is 1. The van der Waals surface area contributed by atoms with Crippen molar-refractivity contribution in [2.24, 2.45) is 16.7 Å². The Hall–Kier alpha value is -0.300. The number of hydrogen-bond acceptors (Lipinski definition) is 1. The fraction of sp³-hybridized carbons (Fsp3) is 0.867. The lowest BCUT2D eigenvalue weighted by Gasteiger charge is -2.37. The van der Waals surface area contributed by atoms with Crippen LogP contribution >= 0.6 is 0 Å². The summed E-state index contributed by atoms with van der Waals surface area (Å²) in [5.41, 5.74) is 2.73. The Kier molecular flexibility index (Phi) is 3.18. The maximum atomic E-state index is 5.12. The summed E-state index contributed by atoms with van der Waals surface area (Å²) in [6.45, 7) is 8.27. The monoisotopic (exact) mass is 222 g/mol. The highest BCUT2D eigenvalue weighted by Gasteiger charge is 2.55. The second kappa shape index (κ2) is 4.18. The molecule has 0 aromatic heterocycles. The van der Waals surface area contributed by atoms with E-state index in [-0.39, 0.29) is 0 Å². The van der Waals surface area contributed by atoms with Crippen molar-refractivity contribution in [3.05, 3.63) is 11.6 Å². The summed E-state index contributed by atoms with van der Waals surface area (Å²) in [6, 6.07) is 0. The van der Waals surface area contributed by atoms with Gasteiger partial charge in [-0.05, 0) is 48.9 Å². The van der Waals surface area contributed by atoms with E-state index >= 15 is 0 Å². The highest BCUT2D eigenvalue weighted by atomic mass is 16.5. The minimum Gasteiger partial charge on any atom is -0.385 e. The second-order valence-electron chi connectivity index (χ2n) is 6.47. The maximum Gasteiger partial charge on any atom is 0.0465 e. The summed E-state index contributed by atoms with van der Waals surface area (Å²) in [4.78, 5) is 0. The van der Waals surface area contributed by atoms with Gasteiger partial charge in [-0.15, -0.1) is 0 Å². The quantitative estimate of drug-likeness (QED) is 0.512. The average Bonchev–Trinajstić information content (AvgIpc) is 2.68. The highest BCUT2D eigenvalue weighted by Crippen LogP contribution is 2.65. The van der Waals surface area contributed by atoms with Crippen LogP contribution in [0.1, 0.15) is 52.9 Å². The first-order valence-corrected chi connectivity index (χ1v) is 6.71. The van der Waals surface area contributed by atoms with Crippen molar-refractivity contribution in [2.45, 2.75) is 52.9 Å². The topological polar surface area (TPSA) is 9.23 Å². The minimum atomic E-state index is 0.458. The van der Waals surface area contributed by atoms with Gasteiger partial charge in [0, 0.05) is 13.7 Å². The lowest BCUT2D eigenvalue weighted by Crippen LogP contribution is -2.26. The Morgan fingerprint density at radius 1 is 1.38 bits per heavy atom. The van der Waals surface area contributed by atoms with Gasteiger partial charge in [-0.3, -0.25) is 0 Å². The molecular weight excluding hydrogens is 196 g/mol. The van der Waals surface area contributed by atoms with Gasteiger partial charge in [0.05, 0.1) is 0 Å². The SMILES string of the molecule is COCCC/C=C1\C2(C)CCC(C2)C1(C)C. The van der Waals surface area contributed by atoms with Crippen LogP contribution in [0.25, 0.3) is 0 Å². The van der Waals surface area contributed by atoms with Gasteiger partial charge < -0.3 is 4.74 Å². The molecule has 0 spiro atoms. The average molecular weight is 222 g/mol. The molecule has 0 saturated heterocycles. The Morgan fingerprint density at radius 3 is 2.69 bits per heavy atom. The van der Waals surface area contributed by atoms with E-state index in [1.54, 1.807) is 12.7 Å². The van der Waals surface area contributed by atoms with Crippen molar-refractivity contribution >= 4 is 0 Å². The molecule has 0 aromatic rings. The molecular formula is C15H26O.